The van der Waals surface area contributed by atoms with E-state index < -0.39 is 0 Å². The average molecular weight is 253 g/mol. The van der Waals surface area contributed by atoms with Gasteiger partial charge in [-0.05, 0) is 26.4 Å². The maximum atomic E-state index is 6.02. The van der Waals surface area contributed by atoms with Gasteiger partial charge >= 0.3 is 0 Å². The van der Waals surface area contributed by atoms with Gasteiger partial charge in [-0.3, -0.25) is 0 Å². The summed E-state index contributed by atoms with van der Waals surface area (Å²) in [4.78, 5) is 10.3. The number of nitrogens with zero attached hydrogens (tertiary/aromatic N) is 3. The Hall–Kier alpha value is -1.56. The van der Waals surface area contributed by atoms with E-state index in [0.29, 0.717) is 18.2 Å². The molecule has 6 nitrogen and oxygen atoms in total. The molecule has 0 aliphatic rings. The Labute approximate surface area is 109 Å². The Morgan fingerprint density at radius 3 is 2.89 bits per heavy atom. The van der Waals surface area contributed by atoms with Crippen LogP contribution >= 0.6 is 0 Å². The molecule has 1 rings (SSSR count). The second kappa shape index (κ2) is 7.71. The molecule has 0 spiro atoms. The molecule has 0 radical (unpaired) electrons. The Kier molecular flexibility index (Phi) is 6.21. The number of hydrogen-bond donors (Lipinski definition) is 2. The maximum absolute atomic E-state index is 6.02. The first-order valence-electron chi connectivity index (χ1n) is 6.29. The lowest BCUT2D eigenvalue weighted by Gasteiger charge is -2.20. The maximum Gasteiger partial charge on any atom is 0.242 e. The highest BCUT2D eigenvalue weighted by Crippen LogP contribution is 2.27. The monoisotopic (exact) mass is 253 g/mol. The zero-order valence-corrected chi connectivity index (χ0v) is 11.4. The van der Waals surface area contributed by atoms with Crippen LogP contribution in [0.3, 0.4) is 0 Å². The number of ether oxygens (including phenoxy) is 1. The fourth-order valence-corrected chi connectivity index (χ4v) is 1.59. The molecular weight excluding hydrogens is 230 g/mol. The van der Waals surface area contributed by atoms with E-state index >= 15 is 0 Å². The summed E-state index contributed by atoms with van der Waals surface area (Å²) in [6.45, 7) is 4.51. The lowest BCUT2D eigenvalue weighted by atomic mass is 10.3. The van der Waals surface area contributed by atoms with Crippen LogP contribution in [0.4, 0.5) is 11.5 Å². The molecule has 0 bridgehead atoms. The van der Waals surface area contributed by atoms with Crippen LogP contribution in [0.15, 0.2) is 6.33 Å². The lowest BCUT2D eigenvalue weighted by molar-refractivity contribution is 0.306. The van der Waals surface area contributed by atoms with Gasteiger partial charge in [0.25, 0.3) is 0 Å². The van der Waals surface area contributed by atoms with Crippen molar-refractivity contribution in [3.63, 3.8) is 0 Å². The SMILES string of the molecule is CCCOc1ncnc(N(C)CCCNC)c1N. The average Bonchev–Trinajstić information content (AvgIpc) is 2.37. The molecule has 0 saturated heterocycles. The van der Waals surface area contributed by atoms with Gasteiger partial charge in [0, 0.05) is 13.6 Å². The molecule has 0 fully saturated rings. The number of rotatable bonds is 8. The molecule has 0 atom stereocenters. The molecule has 0 saturated carbocycles. The fourth-order valence-electron chi connectivity index (χ4n) is 1.59. The van der Waals surface area contributed by atoms with E-state index in [0.717, 1.165) is 31.7 Å². The van der Waals surface area contributed by atoms with Gasteiger partial charge in [-0.1, -0.05) is 6.92 Å². The van der Waals surface area contributed by atoms with Crippen molar-refractivity contribution >= 4 is 11.5 Å². The third kappa shape index (κ3) is 4.03. The summed E-state index contributed by atoms with van der Waals surface area (Å²) in [6.07, 6.45) is 3.45. The van der Waals surface area contributed by atoms with Gasteiger partial charge in [0.05, 0.1) is 6.61 Å². The van der Waals surface area contributed by atoms with Crippen LogP contribution in [-0.2, 0) is 0 Å². The third-order valence-corrected chi connectivity index (χ3v) is 2.55. The Morgan fingerprint density at radius 1 is 1.44 bits per heavy atom. The molecule has 0 amide bonds. The minimum absolute atomic E-state index is 0.474. The van der Waals surface area contributed by atoms with Crippen LogP contribution in [0.25, 0.3) is 0 Å². The Bertz CT molecular complexity index is 358. The highest BCUT2D eigenvalue weighted by molar-refractivity contribution is 5.67. The van der Waals surface area contributed by atoms with Crippen LogP contribution in [-0.4, -0.2) is 43.8 Å². The molecule has 1 heterocycles. The summed E-state index contributed by atoms with van der Waals surface area (Å²) in [5.74, 6) is 1.20. The Morgan fingerprint density at radius 2 is 2.22 bits per heavy atom. The molecular formula is C12H23N5O. The summed E-state index contributed by atoms with van der Waals surface area (Å²) < 4.78 is 5.49. The minimum Gasteiger partial charge on any atom is -0.476 e. The Balaban J connectivity index is 2.69. The minimum atomic E-state index is 0.474. The highest BCUT2D eigenvalue weighted by atomic mass is 16.5. The first kappa shape index (κ1) is 14.5. The van der Waals surface area contributed by atoms with E-state index in [9.17, 15) is 0 Å². The molecule has 3 N–H and O–H groups in total. The van der Waals surface area contributed by atoms with Gasteiger partial charge < -0.3 is 20.7 Å². The molecule has 0 unspecified atom stereocenters. The smallest absolute Gasteiger partial charge is 0.242 e. The zero-order valence-electron chi connectivity index (χ0n) is 11.4. The van der Waals surface area contributed by atoms with Crippen molar-refractivity contribution in [2.24, 2.45) is 0 Å². The van der Waals surface area contributed by atoms with E-state index in [4.69, 9.17) is 10.5 Å². The van der Waals surface area contributed by atoms with Crippen LogP contribution in [0.2, 0.25) is 0 Å². The number of anilines is 2. The quantitative estimate of drug-likeness (QED) is 0.670. The van der Waals surface area contributed by atoms with Crippen LogP contribution < -0.4 is 20.7 Å². The topological polar surface area (TPSA) is 76.3 Å². The fraction of sp³-hybridized carbons (Fsp3) is 0.667. The second-order valence-electron chi connectivity index (χ2n) is 4.14. The van der Waals surface area contributed by atoms with E-state index in [1.807, 2.05) is 25.9 Å². The van der Waals surface area contributed by atoms with Crippen molar-refractivity contribution in [2.45, 2.75) is 19.8 Å². The normalized spacial score (nSPS) is 10.4. The van der Waals surface area contributed by atoms with Gasteiger partial charge in [0.2, 0.25) is 5.88 Å². The zero-order chi connectivity index (χ0) is 13.4. The lowest BCUT2D eigenvalue weighted by Crippen LogP contribution is -2.24. The van der Waals surface area contributed by atoms with E-state index in [2.05, 4.69) is 15.3 Å². The molecule has 0 aromatic carbocycles. The van der Waals surface area contributed by atoms with Crippen molar-refractivity contribution in [1.82, 2.24) is 15.3 Å². The van der Waals surface area contributed by atoms with Gasteiger partial charge in [-0.25, -0.2) is 4.98 Å². The predicted molar refractivity (Wildman–Crippen MR) is 74.0 cm³/mol. The standard InChI is InChI=1S/C12H23N5O/c1-4-8-18-12-10(13)11(15-9-16-12)17(3)7-5-6-14-2/h9,14H,4-8,13H2,1-3H3. The van der Waals surface area contributed by atoms with Crippen molar-refractivity contribution in [3.05, 3.63) is 6.33 Å². The summed E-state index contributed by atoms with van der Waals surface area (Å²) >= 11 is 0. The van der Waals surface area contributed by atoms with Crippen molar-refractivity contribution in [3.8, 4) is 5.88 Å². The summed E-state index contributed by atoms with van der Waals surface area (Å²) in [6, 6.07) is 0. The summed E-state index contributed by atoms with van der Waals surface area (Å²) in [5.41, 5.74) is 6.53. The van der Waals surface area contributed by atoms with Crippen molar-refractivity contribution in [2.75, 3.05) is 44.4 Å². The number of nitrogens with two attached hydrogens (primary N) is 1. The predicted octanol–water partition coefficient (Wildman–Crippen LogP) is 0.893. The van der Waals surface area contributed by atoms with Gasteiger partial charge in [0.15, 0.2) is 5.82 Å². The van der Waals surface area contributed by atoms with Gasteiger partial charge in [0.1, 0.15) is 12.0 Å². The largest absolute Gasteiger partial charge is 0.476 e. The number of nitrogen functional groups attached to an aromatic ring is 1. The van der Waals surface area contributed by atoms with E-state index in [1.54, 1.807) is 0 Å². The van der Waals surface area contributed by atoms with E-state index in [-0.39, 0.29) is 0 Å². The van der Waals surface area contributed by atoms with Crippen molar-refractivity contribution < 1.29 is 4.74 Å². The highest BCUT2D eigenvalue weighted by Gasteiger charge is 2.12. The number of nitrogens with one attached hydrogen (secondary N) is 1. The molecule has 102 valence electrons. The molecule has 6 heteroatoms. The second-order valence-corrected chi connectivity index (χ2v) is 4.14. The summed E-state index contributed by atoms with van der Waals surface area (Å²) in [5, 5.41) is 3.11. The van der Waals surface area contributed by atoms with Crippen molar-refractivity contribution in [1.29, 1.82) is 0 Å². The first-order valence-corrected chi connectivity index (χ1v) is 6.29. The van der Waals surface area contributed by atoms with Crippen LogP contribution in [0.1, 0.15) is 19.8 Å². The van der Waals surface area contributed by atoms with Crippen LogP contribution in [0, 0.1) is 0 Å². The molecule has 1 aromatic rings. The summed E-state index contributed by atoms with van der Waals surface area (Å²) in [7, 11) is 3.91. The number of hydrogen-bond acceptors (Lipinski definition) is 6. The van der Waals surface area contributed by atoms with Gasteiger partial charge in [-0.2, -0.15) is 4.98 Å². The molecule has 18 heavy (non-hydrogen) atoms. The third-order valence-electron chi connectivity index (χ3n) is 2.55. The van der Waals surface area contributed by atoms with Gasteiger partial charge in [-0.15, -0.1) is 0 Å². The number of aromatic nitrogens is 2. The molecule has 0 aliphatic heterocycles. The van der Waals surface area contributed by atoms with Crippen LogP contribution in [0.5, 0.6) is 5.88 Å². The molecule has 0 aliphatic carbocycles. The molecule has 1 aromatic heterocycles. The first-order chi connectivity index (χ1) is 8.70. The van der Waals surface area contributed by atoms with E-state index in [1.165, 1.54) is 6.33 Å².